The van der Waals surface area contributed by atoms with Crippen molar-refractivity contribution in [3.05, 3.63) is 126 Å². The first kappa shape index (κ1) is 32.8. The first-order valence-corrected chi connectivity index (χ1v) is 17.3. The lowest BCUT2D eigenvalue weighted by Gasteiger charge is -2.32. The van der Waals surface area contributed by atoms with Gasteiger partial charge in [0.05, 0.1) is 33.3 Å². The van der Waals surface area contributed by atoms with Crippen LogP contribution in [0.15, 0.2) is 97.6 Å². The third-order valence-electron chi connectivity index (χ3n) is 10.8. The molecule has 7 nitrogen and oxygen atoms in total. The molecule has 6 heterocycles. The van der Waals surface area contributed by atoms with Crippen LogP contribution in [0.3, 0.4) is 0 Å². The largest absolute Gasteiger partial charge is 0.319 e. The average molecular weight is 710 g/mol. The van der Waals surface area contributed by atoms with E-state index in [0.717, 1.165) is 33.2 Å². The SMILES string of the molecule is CC1c2ccc(-c3ccc4c5cnc(Cc6ncc(-c7ccc8c9cnccc9n(C(F)F)c8c7)cc6C#N)cc5n(C(F)F)c4c3)cc2CCN1C. The lowest BCUT2D eigenvalue weighted by molar-refractivity contribution is 0.0791. The predicted octanol–water partition coefficient (Wildman–Crippen LogP) is 10.2. The number of aromatic nitrogens is 5. The normalized spacial score (nSPS) is 15.0. The molecule has 0 saturated carbocycles. The van der Waals surface area contributed by atoms with Crippen molar-refractivity contribution in [1.82, 2.24) is 29.0 Å². The molecule has 11 heteroatoms. The summed E-state index contributed by atoms with van der Waals surface area (Å²) in [4.78, 5) is 15.6. The fraction of sp³-hybridized carbons (Fsp3) is 0.190. The first-order chi connectivity index (χ1) is 25.7. The van der Waals surface area contributed by atoms with Crippen molar-refractivity contribution in [1.29, 1.82) is 5.26 Å². The molecular formula is C42H31F4N7. The van der Waals surface area contributed by atoms with Crippen LogP contribution in [0.1, 0.15) is 54.1 Å². The van der Waals surface area contributed by atoms with Crippen molar-refractivity contribution < 1.29 is 17.6 Å². The summed E-state index contributed by atoms with van der Waals surface area (Å²) in [5.74, 6) is 0. The fourth-order valence-corrected chi connectivity index (χ4v) is 7.95. The molecule has 8 aromatic rings. The summed E-state index contributed by atoms with van der Waals surface area (Å²) in [7, 11) is 2.12. The number of alkyl halides is 4. The fourth-order valence-electron chi connectivity index (χ4n) is 7.95. The molecule has 262 valence electrons. The number of pyridine rings is 3. The third-order valence-corrected chi connectivity index (χ3v) is 10.8. The van der Waals surface area contributed by atoms with Crippen molar-refractivity contribution in [2.75, 3.05) is 13.6 Å². The molecule has 0 bridgehead atoms. The maximum absolute atomic E-state index is 14.8. The summed E-state index contributed by atoms with van der Waals surface area (Å²) in [6.45, 7) is -2.41. The van der Waals surface area contributed by atoms with Crippen LogP contribution in [0.5, 0.6) is 0 Å². The maximum Gasteiger partial charge on any atom is 0.319 e. The zero-order valence-electron chi connectivity index (χ0n) is 28.7. The minimum atomic E-state index is -2.80. The Bertz CT molecular complexity index is 2800. The van der Waals surface area contributed by atoms with Gasteiger partial charge in [-0.1, -0.05) is 42.5 Å². The van der Waals surface area contributed by atoms with Crippen LogP contribution in [-0.2, 0) is 12.8 Å². The van der Waals surface area contributed by atoms with Gasteiger partial charge < -0.3 is 0 Å². The van der Waals surface area contributed by atoms with Gasteiger partial charge in [-0.25, -0.2) is 0 Å². The monoisotopic (exact) mass is 709 g/mol. The Kier molecular flexibility index (Phi) is 7.75. The third kappa shape index (κ3) is 5.32. The van der Waals surface area contributed by atoms with Crippen molar-refractivity contribution in [3.63, 3.8) is 0 Å². The maximum atomic E-state index is 14.8. The van der Waals surface area contributed by atoms with Gasteiger partial charge in [0.2, 0.25) is 0 Å². The molecule has 9 rings (SSSR count). The summed E-state index contributed by atoms with van der Waals surface area (Å²) < 4.78 is 60.1. The lowest BCUT2D eigenvalue weighted by Crippen LogP contribution is -2.30. The van der Waals surface area contributed by atoms with Gasteiger partial charge in [-0.15, -0.1) is 0 Å². The van der Waals surface area contributed by atoms with Crippen LogP contribution in [0.4, 0.5) is 17.6 Å². The van der Waals surface area contributed by atoms with E-state index in [0.29, 0.717) is 72.2 Å². The van der Waals surface area contributed by atoms with Crippen LogP contribution in [-0.4, -0.2) is 42.6 Å². The van der Waals surface area contributed by atoms with Crippen LogP contribution in [0.25, 0.3) is 65.9 Å². The Hall–Kier alpha value is -6.12. The molecule has 0 amide bonds. The van der Waals surface area contributed by atoms with Gasteiger partial charge in [-0.2, -0.15) is 22.8 Å². The topological polar surface area (TPSA) is 75.6 Å². The summed E-state index contributed by atoms with van der Waals surface area (Å²) in [5, 5.41) is 12.7. The highest BCUT2D eigenvalue weighted by molar-refractivity contribution is 6.09. The lowest BCUT2D eigenvalue weighted by atomic mass is 9.90. The molecule has 0 aliphatic carbocycles. The van der Waals surface area contributed by atoms with Gasteiger partial charge >= 0.3 is 13.1 Å². The van der Waals surface area contributed by atoms with E-state index in [2.05, 4.69) is 58.1 Å². The van der Waals surface area contributed by atoms with E-state index in [1.807, 2.05) is 18.2 Å². The van der Waals surface area contributed by atoms with Gasteiger partial charge in [-0.05, 0) is 78.5 Å². The smallest absolute Gasteiger partial charge is 0.299 e. The Balaban J connectivity index is 1.06. The van der Waals surface area contributed by atoms with Crippen molar-refractivity contribution in [2.24, 2.45) is 0 Å². The van der Waals surface area contributed by atoms with Gasteiger partial charge in [0.1, 0.15) is 6.07 Å². The zero-order chi connectivity index (χ0) is 36.5. The number of benzene rings is 3. The van der Waals surface area contributed by atoms with E-state index in [1.165, 1.54) is 17.3 Å². The number of hydrogen-bond donors (Lipinski definition) is 0. The summed E-state index contributed by atoms with van der Waals surface area (Å²) in [6, 6.07) is 24.7. The standard InChI is InChI=1S/C42H31F4N7/c1-23-31-6-3-24(13-27(31)10-12-51(23)2)25-4-7-33-35-22-49-30(18-40(35)53(42(45)46)39(33)15-25)17-36-28(19-47)14-29(20-50-36)26-5-8-32-34-21-48-11-9-37(34)52(41(43)44)38(32)16-26/h3-9,11,13-16,18,20-23,41-42H,10,12,17H2,1-2H3. The summed E-state index contributed by atoms with van der Waals surface area (Å²) in [6.07, 6.45) is 7.31. The number of hydrogen-bond acceptors (Lipinski definition) is 5. The second-order valence-electron chi connectivity index (χ2n) is 13.7. The van der Waals surface area contributed by atoms with Crippen LogP contribution >= 0.6 is 0 Å². The second kappa shape index (κ2) is 12.5. The molecular weight excluding hydrogens is 679 g/mol. The molecule has 0 N–H and O–H groups in total. The number of fused-ring (bicyclic) bond motifs is 7. The van der Waals surface area contributed by atoms with Gasteiger partial charge in [0.25, 0.3) is 0 Å². The van der Waals surface area contributed by atoms with Crippen LogP contribution in [0.2, 0.25) is 0 Å². The second-order valence-corrected chi connectivity index (χ2v) is 13.7. The highest BCUT2D eigenvalue weighted by Crippen LogP contribution is 2.38. The van der Waals surface area contributed by atoms with E-state index in [4.69, 9.17) is 0 Å². The Morgan fingerprint density at radius 1 is 0.717 bits per heavy atom. The van der Waals surface area contributed by atoms with Crippen molar-refractivity contribution in [2.45, 2.75) is 38.9 Å². The molecule has 0 radical (unpaired) electrons. The Morgan fingerprint density at radius 3 is 2.08 bits per heavy atom. The number of nitrogens with zero attached hydrogens (tertiary/aromatic N) is 7. The van der Waals surface area contributed by atoms with E-state index in [1.54, 1.807) is 55.0 Å². The molecule has 5 aromatic heterocycles. The zero-order valence-corrected chi connectivity index (χ0v) is 28.7. The minimum absolute atomic E-state index is 0.128. The van der Waals surface area contributed by atoms with Gasteiger partial charge in [0.15, 0.2) is 0 Å². The van der Waals surface area contributed by atoms with E-state index in [-0.39, 0.29) is 12.0 Å². The van der Waals surface area contributed by atoms with Crippen LogP contribution < -0.4 is 0 Å². The highest BCUT2D eigenvalue weighted by atomic mass is 19.3. The van der Waals surface area contributed by atoms with Gasteiger partial charge in [0, 0.05) is 76.6 Å². The molecule has 0 fully saturated rings. The summed E-state index contributed by atoms with van der Waals surface area (Å²) >= 11 is 0. The molecule has 1 unspecified atom stereocenters. The Labute approximate surface area is 301 Å². The molecule has 1 aliphatic rings. The highest BCUT2D eigenvalue weighted by Gasteiger charge is 2.23. The Morgan fingerprint density at radius 2 is 1.36 bits per heavy atom. The van der Waals surface area contributed by atoms with Crippen molar-refractivity contribution >= 4 is 43.6 Å². The number of nitriles is 1. The van der Waals surface area contributed by atoms with E-state index in [9.17, 15) is 22.8 Å². The molecule has 3 aromatic carbocycles. The van der Waals surface area contributed by atoms with Gasteiger partial charge in [-0.3, -0.25) is 29.0 Å². The van der Waals surface area contributed by atoms with Crippen molar-refractivity contribution in [3.8, 4) is 28.3 Å². The van der Waals surface area contributed by atoms with Crippen LogP contribution in [0, 0.1) is 11.3 Å². The number of halogens is 4. The van der Waals surface area contributed by atoms with E-state index >= 15 is 0 Å². The minimum Gasteiger partial charge on any atom is -0.299 e. The summed E-state index contributed by atoms with van der Waals surface area (Å²) in [5.41, 5.74) is 8.25. The number of likely N-dealkylation sites (N-methyl/N-ethyl adjacent to an activating group) is 1. The molecule has 53 heavy (non-hydrogen) atoms. The quantitative estimate of drug-likeness (QED) is 0.161. The molecule has 0 spiro atoms. The first-order valence-electron chi connectivity index (χ1n) is 17.3. The molecule has 1 aliphatic heterocycles. The number of rotatable bonds is 6. The predicted molar refractivity (Wildman–Crippen MR) is 198 cm³/mol. The van der Waals surface area contributed by atoms with E-state index < -0.39 is 13.1 Å². The molecule has 1 atom stereocenters. The average Bonchev–Trinajstić information content (AvgIpc) is 3.68. The molecule has 0 saturated heterocycles.